The molecule has 1 aromatic rings. The van der Waals surface area contributed by atoms with Gasteiger partial charge in [0.25, 0.3) is 0 Å². The Hall–Kier alpha value is -0.820. The Balaban J connectivity index is 2.01. The Morgan fingerprint density at radius 2 is 1.58 bits per heavy atom. The van der Waals surface area contributed by atoms with Crippen molar-refractivity contribution in [3.05, 3.63) is 35.9 Å². The molecule has 1 fully saturated rings. The number of nitrogens with one attached hydrogen (secondary N) is 1. The third kappa shape index (κ3) is 3.82. The van der Waals surface area contributed by atoms with Crippen LogP contribution in [0.2, 0.25) is 0 Å². The third-order valence-electron chi connectivity index (χ3n) is 4.81. The zero-order valence-corrected chi connectivity index (χ0v) is 12.7. The second-order valence-corrected chi connectivity index (χ2v) is 6.36. The summed E-state index contributed by atoms with van der Waals surface area (Å²) in [6, 6.07) is 11.6. The van der Waals surface area contributed by atoms with E-state index in [1.54, 1.807) is 0 Å². The Morgan fingerprint density at radius 3 is 2.11 bits per heavy atom. The molecule has 1 unspecified atom stereocenters. The highest BCUT2D eigenvalue weighted by atomic mass is 14.9. The minimum Gasteiger partial charge on any atom is -0.310 e. The van der Waals surface area contributed by atoms with Crippen molar-refractivity contribution in [3.63, 3.8) is 0 Å². The summed E-state index contributed by atoms with van der Waals surface area (Å²) in [5, 5.41) is 3.71. The summed E-state index contributed by atoms with van der Waals surface area (Å²) < 4.78 is 0. The average molecular weight is 259 g/mol. The van der Waals surface area contributed by atoms with Crippen LogP contribution < -0.4 is 5.32 Å². The summed E-state index contributed by atoms with van der Waals surface area (Å²) in [6.45, 7) is 8.04. The summed E-state index contributed by atoms with van der Waals surface area (Å²) >= 11 is 0. The predicted octanol–water partition coefficient (Wildman–Crippen LogP) is 4.80. The van der Waals surface area contributed by atoms with E-state index in [2.05, 4.69) is 56.4 Å². The SMILES string of the molecule is CCNC(c1ccccc1)C1CCC(C(C)C)CC1. The Labute approximate surface area is 118 Å². The van der Waals surface area contributed by atoms with Gasteiger partial charge in [-0.25, -0.2) is 0 Å². The lowest BCUT2D eigenvalue weighted by molar-refractivity contribution is 0.190. The molecule has 1 heteroatoms. The summed E-state index contributed by atoms with van der Waals surface area (Å²) in [5.74, 6) is 2.63. The fraction of sp³-hybridized carbons (Fsp3) is 0.667. The molecule has 0 aromatic heterocycles. The van der Waals surface area contributed by atoms with Gasteiger partial charge in [0.2, 0.25) is 0 Å². The molecular weight excluding hydrogens is 230 g/mol. The van der Waals surface area contributed by atoms with Gasteiger partial charge in [-0.2, -0.15) is 0 Å². The largest absolute Gasteiger partial charge is 0.310 e. The molecule has 1 aliphatic rings. The summed E-state index contributed by atoms with van der Waals surface area (Å²) in [4.78, 5) is 0. The van der Waals surface area contributed by atoms with Gasteiger partial charge in [-0.05, 0) is 55.5 Å². The molecule has 0 saturated heterocycles. The van der Waals surface area contributed by atoms with E-state index in [4.69, 9.17) is 0 Å². The van der Waals surface area contributed by atoms with E-state index in [1.165, 1.54) is 31.2 Å². The van der Waals surface area contributed by atoms with Crippen LogP contribution in [0.5, 0.6) is 0 Å². The van der Waals surface area contributed by atoms with Gasteiger partial charge in [-0.1, -0.05) is 51.1 Å². The highest BCUT2D eigenvalue weighted by molar-refractivity contribution is 5.20. The van der Waals surface area contributed by atoms with Crippen molar-refractivity contribution in [2.45, 2.75) is 52.5 Å². The van der Waals surface area contributed by atoms with Crippen LogP contribution in [0.4, 0.5) is 0 Å². The highest BCUT2D eigenvalue weighted by Gasteiger charge is 2.28. The maximum absolute atomic E-state index is 3.71. The molecule has 0 aliphatic heterocycles. The molecule has 1 N–H and O–H groups in total. The maximum Gasteiger partial charge on any atom is 0.0348 e. The van der Waals surface area contributed by atoms with Crippen LogP contribution in [0.3, 0.4) is 0 Å². The molecule has 1 atom stereocenters. The maximum atomic E-state index is 3.71. The lowest BCUT2D eigenvalue weighted by Gasteiger charge is -2.36. The Morgan fingerprint density at radius 1 is 1.00 bits per heavy atom. The number of rotatable bonds is 5. The van der Waals surface area contributed by atoms with Crippen molar-refractivity contribution in [2.24, 2.45) is 17.8 Å². The van der Waals surface area contributed by atoms with Crippen LogP contribution >= 0.6 is 0 Å². The van der Waals surface area contributed by atoms with Gasteiger partial charge < -0.3 is 5.32 Å². The molecule has 19 heavy (non-hydrogen) atoms. The van der Waals surface area contributed by atoms with E-state index in [-0.39, 0.29) is 0 Å². The van der Waals surface area contributed by atoms with E-state index < -0.39 is 0 Å². The molecular formula is C18H29N. The zero-order chi connectivity index (χ0) is 13.7. The summed E-state index contributed by atoms with van der Waals surface area (Å²) in [7, 11) is 0. The normalized spacial score (nSPS) is 25.5. The van der Waals surface area contributed by atoms with Gasteiger partial charge in [0.1, 0.15) is 0 Å². The van der Waals surface area contributed by atoms with E-state index in [9.17, 15) is 0 Å². The molecule has 1 nitrogen and oxygen atoms in total. The summed E-state index contributed by atoms with van der Waals surface area (Å²) in [6.07, 6.45) is 5.60. The van der Waals surface area contributed by atoms with Gasteiger partial charge in [0.15, 0.2) is 0 Å². The van der Waals surface area contributed by atoms with E-state index in [0.29, 0.717) is 6.04 Å². The minimum atomic E-state index is 0.555. The van der Waals surface area contributed by atoms with Crippen LogP contribution in [0, 0.1) is 17.8 Å². The Bertz CT molecular complexity index is 349. The van der Waals surface area contributed by atoms with Crippen molar-refractivity contribution < 1.29 is 0 Å². The van der Waals surface area contributed by atoms with Crippen molar-refractivity contribution in [1.29, 1.82) is 0 Å². The van der Waals surface area contributed by atoms with E-state index in [1.807, 2.05) is 0 Å². The second kappa shape index (κ2) is 7.09. The Kier molecular flexibility index (Phi) is 5.45. The van der Waals surface area contributed by atoms with Crippen LogP contribution in [-0.4, -0.2) is 6.54 Å². The molecule has 106 valence electrons. The predicted molar refractivity (Wildman–Crippen MR) is 83.1 cm³/mol. The quantitative estimate of drug-likeness (QED) is 0.801. The standard InChI is InChI=1S/C18H29N/c1-4-19-18(16-8-6-5-7-9-16)17-12-10-15(11-13-17)14(2)3/h5-9,14-15,17-19H,4,10-13H2,1-3H3. The smallest absolute Gasteiger partial charge is 0.0348 e. The molecule has 0 bridgehead atoms. The van der Waals surface area contributed by atoms with Crippen molar-refractivity contribution in [1.82, 2.24) is 5.32 Å². The van der Waals surface area contributed by atoms with Crippen molar-refractivity contribution >= 4 is 0 Å². The third-order valence-corrected chi connectivity index (χ3v) is 4.81. The molecule has 0 radical (unpaired) electrons. The van der Waals surface area contributed by atoms with Crippen LogP contribution in [-0.2, 0) is 0 Å². The van der Waals surface area contributed by atoms with Crippen LogP contribution in [0.25, 0.3) is 0 Å². The van der Waals surface area contributed by atoms with Gasteiger partial charge in [0, 0.05) is 6.04 Å². The van der Waals surface area contributed by atoms with E-state index >= 15 is 0 Å². The van der Waals surface area contributed by atoms with Crippen molar-refractivity contribution in [2.75, 3.05) is 6.54 Å². The van der Waals surface area contributed by atoms with Gasteiger partial charge in [-0.15, -0.1) is 0 Å². The first kappa shape index (κ1) is 14.6. The van der Waals surface area contributed by atoms with Crippen LogP contribution in [0.15, 0.2) is 30.3 Å². The minimum absolute atomic E-state index is 0.555. The molecule has 1 aromatic carbocycles. The number of benzene rings is 1. The van der Waals surface area contributed by atoms with Crippen LogP contribution in [0.1, 0.15) is 58.1 Å². The number of hydrogen-bond donors (Lipinski definition) is 1. The first-order valence-corrected chi connectivity index (χ1v) is 8.00. The molecule has 0 spiro atoms. The summed E-state index contributed by atoms with van der Waals surface area (Å²) in [5.41, 5.74) is 1.47. The highest BCUT2D eigenvalue weighted by Crippen LogP contribution is 2.39. The van der Waals surface area contributed by atoms with Gasteiger partial charge in [0.05, 0.1) is 0 Å². The van der Waals surface area contributed by atoms with Gasteiger partial charge in [-0.3, -0.25) is 0 Å². The first-order valence-electron chi connectivity index (χ1n) is 8.00. The fourth-order valence-corrected chi connectivity index (χ4v) is 3.58. The molecule has 0 amide bonds. The monoisotopic (exact) mass is 259 g/mol. The van der Waals surface area contributed by atoms with E-state index in [0.717, 1.165) is 24.3 Å². The van der Waals surface area contributed by atoms with Crippen molar-refractivity contribution in [3.8, 4) is 0 Å². The second-order valence-electron chi connectivity index (χ2n) is 6.36. The lowest BCUT2D eigenvalue weighted by atomic mass is 9.73. The molecule has 2 rings (SSSR count). The fourth-order valence-electron chi connectivity index (χ4n) is 3.58. The average Bonchev–Trinajstić information content (AvgIpc) is 2.46. The zero-order valence-electron chi connectivity index (χ0n) is 12.7. The molecule has 1 aliphatic carbocycles. The molecule has 0 heterocycles. The number of hydrogen-bond acceptors (Lipinski definition) is 1. The molecule has 1 saturated carbocycles. The first-order chi connectivity index (χ1) is 9.22. The van der Waals surface area contributed by atoms with Gasteiger partial charge >= 0.3 is 0 Å². The topological polar surface area (TPSA) is 12.0 Å². The lowest BCUT2D eigenvalue weighted by Crippen LogP contribution is -2.31.